The van der Waals surface area contributed by atoms with E-state index in [9.17, 15) is 24.8 Å². The van der Waals surface area contributed by atoms with Gasteiger partial charge in [-0.15, -0.1) is 0 Å². The van der Waals surface area contributed by atoms with Crippen LogP contribution in [0.25, 0.3) is 5.76 Å². The van der Waals surface area contributed by atoms with Gasteiger partial charge in [0.05, 0.1) is 29.3 Å². The summed E-state index contributed by atoms with van der Waals surface area (Å²) in [5.74, 6) is -1.58. The van der Waals surface area contributed by atoms with Crippen LogP contribution in [-0.2, 0) is 16.1 Å². The standard InChI is InChI=1S/C23H18N2O6/c1-14-7-9-15(10-8-14)21(26)19-20(16-4-2-5-17(12-16)25(29)30)24(23(28)22(19)27)13-18-6-3-11-31-18/h2-12,20,26H,13H2,1H3/b21-19+/t20-/m1/s1. The third-order valence-corrected chi connectivity index (χ3v) is 5.17. The number of amides is 1. The van der Waals surface area contributed by atoms with Gasteiger partial charge in [-0.2, -0.15) is 0 Å². The Bertz CT molecular complexity index is 1200. The number of hydrogen-bond acceptors (Lipinski definition) is 6. The molecule has 2 aromatic carbocycles. The Hall–Kier alpha value is -4.20. The largest absolute Gasteiger partial charge is 0.507 e. The van der Waals surface area contributed by atoms with Crippen molar-refractivity contribution in [2.75, 3.05) is 0 Å². The van der Waals surface area contributed by atoms with Crippen LogP contribution in [0.15, 0.2) is 76.9 Å². The molecule has 1 aliphatic heterocycles. The number of aryl methyl sites for hydroxylation is 1. The number of hydrogen-bond donors (Lipinski definition) is 1. The van der Waals surface area contributed by atoms with Gasteiger partial charge in [-0.1, -0.05) is 42.0 Å². The molecule has 1 N–H and O–H groups in total. The smallest absolute Gasteiger partial charge is 0.296 e. The molecule has 4 rings (SSSR count). The van der Waals surface area contributed by atoms with Crippen LogP contribution in [0.3, 0.4) is 0 Å². The van der Waals surface area contributed by atoms with Crippen LogP contribution in [-0.4, -0.2) is 26.6 Å². The van der Waals surface area contributed by atoms with E-state index in [0.717, 1.165) is 5.56 Å². The lowest BCUT2D eigenvalue weighted by molar-refractivity contribution is -0.384. The van der Waals surface area contributed by atoms with Crippen molar-refractivity contribution < 1.29 is 24.0 Å². The molecule has 1 aromatic heterocycles. The van der Waals surface area contributed by atoms with Crippen molar-refractivity contribution in [2.24, 2.45) is 0 Å². The lowest BCUT2D eigenvalue weighted by Crippen LogP contribution is -2.29. The van der Waals surface area contributed by atoms with E-state index < -0.39 is 22.7 Å². The molecule has 0 bridgehead atoms. The zero-order valence-electron chi connectivity index (χ0n) is 16.5. The van der Waals surface area contributed by atoms with Gasteiger partial charge < -0.3 is 14.4 Å². The lowest BCUT2D eigenvalue weighted by Gasteiger charge is -2.24. The number of nitro benzene ring substituents is 1. The fourth-order valence-electron chi connectivity index (χ4n) is 3.64. The summed E-state index contributed by atoms with van der Waals surface area (Å²) in [6, 6.07) is 14.8. The monoisotopic (exact) mass is 418 g/mol. The molecule has 0 saturated carbocycles. The number of carbonyl (C=O) groups excluding carboxylic acids is 2. The minimum atomic E-state index is -1.01. The Morgan fingerprint density at radius 3 is 2.52 bits per heavy atom. The number of Topliss-reactive ketones (excluding diaryl/α,β-unsaturated/α-hetero) is 1. The fourth-order valence-corrected chi connectivity index (χ4v) is 3.64. The van der Waals surface area contributed by atoms with Crippen LogP contribution >= 0.6 is 0 Å². The molecule has 1 fully saturated rings. The van der Waals surface area contributed by atoms with Crippen molar-refractivity contribution in [1.29, 1.82) is 0 Å². The predicted octanol–water partition coefficient (Wildman–Crippen LogP) is 4.12. The fraction of sp³-hybridized carbons (Fsp3) is 0.130. The average molecular weight is 418 g/mol. The van der Waals surface area contributed by atoms with Gasteiger partial charge in [-0.3, -0.25) is 19.7 Å². The summed E-state index contributed by atoms with van der Waals surface area (Å²) in [5, 5.41) is 22.3. The van der Waals surface area contributed by atoms with Crippen LogP contribution in [0.4, 0.5) is 5.69 Å². The van der Waals surface area contributed by atoms with Crippen molar-refractivity contribution in [2.45, 2.75) is 19.5 Å². The highest BCUT2D eigenvalue weighted by Crippen LogP contribution is 2.41. The number of ketones is 1. The van der Waals surface area contributed by atoms with Gasteiger partial charge in [-0.05, 0) is 24.6 Å². The number of benzene rings is 2. The van der Waals surface area contributed by atoms with Crippen molar-refractivity contribution in [1.82, 2.24) is 4.90 Å². The van der Waals surface area contributed by atoms with Crippen LogP contribution < -0.4 is 0 Å². The Labute approximate surface area is 177 Å². The molecule has 0 aliphatic carbocycles. The third-order valence-electron chi connectivity index (χ3n) is 5.17. The molecule has 0 unspecified atom stereocenters. The molecule has 1 saturated heterocycles. The highest BCUT2D eigenvalue weighted by atomic mass is 16.6. The maximum atomic E-state index is 13.0. The van der Waals surface area contributed by atoms with Crippen LogP contribution in [0.2, 0.25) is 0 Å². The number of aliphatic hydroxyl groups is 1. The van der Waals surface area contributed by atoms with E-state index in [0.29, 0.717) is 16.9 Å². The Kier molecular flexibility index (Phi) is 5.12. The number of non-ortho nitro benzene ring substituents is 1. The Morgan fingerprint density at radius 2 is 1.87 bits per heavy atom. The first-order valence-corrected chi connectivity index (χ1v) is 9.49. The quantitative estimate of drug-likeness (QED) is 0.219. The van der Waals surface area contributed by atoms with Crippen molar-refractivity contribution in [3.8, 4) is 0 Å². The molecular formula is C23H18N2O6. The third kappa shape index (κ3) is 3.71. The van der Waals surface area contributed by atoms with E-state index in [1.807, 2.05) is 6.92 Å². The molecule has 1 aliphatic rings. The van der Waals surface area contributed by atoms with E-state index >= 15 is 0 Å². The van der Waals surface area contributed by atoms with E-state index in [1.165, 1.54) is 29.4 Å². The lowest BCUT2D eigenvalue weighted by atomic mass is 9.94. The molecule has 1 atom stereocenters. The van der Waals surface area contributed by atoms with Gasteiger partial charge in [0.2, 0.25) is 0 Å². The molecule has 0 radical (unpaired) electrons. The summed E-state index contributed by atoms with van der Waals surface area (Å²) in [7, 11) is 0. The zero-order valence-corrected chi connectivity index (χ0v) is 16.5. The first-order chi connectivity index (χ1) is 14.9. The maximum absolute atomic E-state index is 13.0. The number of rotatable bonds is 5. The average Bonchev–Trinajstić information content (AvgIpc) is 3.36. The van der Waals surface area contributed by atoms with E-state index in [1.54, 1.807) is 42.5 Å². The first-order valence-electron chi connectivity index (χ1n) is 9.49. The maximum Gasteiger partial charge on any atom is 0.296 e. The van der Waals surface area contributed by atoms with E-state index in [-0.39, 0.29) is 23.6 Å². The van der Waals surface area contributed by atoms with Gasteiger partial charge in [0, 0.05) is 17.7 Å². The number of aliphatic hydroxyl groups excluding tert-OH is 1. The molecule has 2 heterocycles. The number of furan rings is 1. The summed E-state index contributed by atoms with van der Waals surface area (Å²) in [6.07, 6.45) is 1.45. The van der Waals surface area contributed by atoms with Crippen molar-refractivity contribution in [3.63, 3.8) is 0 Å². The summed E-state index contributed by atoms with van der Waals surface area (Å²) in [6.45, 7) is 1.85. The molecule has 156 valence electrons. The van der Waals surface area contributed by atoms with Gasteiger partial charge in [-0.25, -0.2) is 0 Å². The number of nitrogens with zero attached hydrogens (tertiary/aromatic N) is 2. The van der Waals surface area contributed by atoms with Crippen LogP contribution in [0, 0.1) is 17.0 Å². The second-order valence-electron chi connectivity index (χ2n) is 7.22. The molecule has 1 amide bonds. The molecule has 0 spiro atoms. The summed E-state index contributed by atoms with van der Waals surface area (Å²) >= 11 is 0. The number of carbonyl (C=O) groups is 2. The summed E-state index contributed by atoms with van der Waals surface area (Å²) in [4.78, 5) is 37.8. The normalized spacial score (nSPS) is 17.8. The summed E-state index contributed by atoms with van der Waals surface area (Å²) in [5.41, 5.74) is 1.37. The molecule has 3 aromatic rings. The van der Waals surface area contributed by atoms with Gasteiger partial charge in [0.15, 0.2) is 0 Å². The Morgan fingerprint density at radius 1 is 1.13 bits per heavy atom. The van der Waals surface area contributed by atoms with Crippen molar-refractivity contribution in [3.05, 3.63) is 105 Å². The van der Waals surface area contributed by atoms with Gasteiger partial charge in [0.25, 0.3) is 17.4 Å². The topological polar surface area (TPSA) is 114 Å². The van der Waals surface area contributed by atoms with E-state index in [4.69, 9.17) is 4.42 Å². The van der Waals surface area contributed by atoms with Gasteiger partial charge >= 0.3 is 0 Å². The molecule has 8 heteroatoms. The van der Waals surface area contributed by atoms with E-state index in [2.05, 4.69) is 0 Å². The Balaban J connectivity index is 1.89. The van der Waals surface area contributed by atoms with Gasteiger partial charge in [0.1, 0.15) is 11.5 Å². The first kappa shape index (κ1) is 20.1. The number of likely N-dealkylation sites (tertiary alicyclic amines) is 1. The summed E-state index contributed by atoms with van der Waals surface area (Å²) < 4.78 is 5.33. The van der Waals surface area contributed by atoms with Crippen molar-refractivity contribution >= 4 is 23.1 Å². The second-order valence-corrected chi connectivity index (χ2v) is 7.22. The zero-order chi connectivity index (χ0) is 22.1. The minimum absolute atomic E-state index is 0.0321. The molecular weight excluding hydrogens is 400 g/mol. The highest BCUT2D eigenvalue weighted by Gasteiger charge is 2.46. The minimum Gasteiger partial charge on any atom is -0.507 e. The van der Waals surface area contributed by atoms with Crippen LogP contribution in [0.1, 0.15) is 28.5 Å². The molecule has 31 heavy (non-hydrogen) atoms. The highest BCUT2D eigenvalue weighted by molar-refractivity contribution is 6.46. The van der Waals surface area contributed by atoms with Crippen LogP contribution in [0.5, 0.6) is 0 Å². The number of nitro groups is 1. The SMILES string of the molecule is Cc1ccc(/C(O)=C2\C(=O)C(=O)N(Cc3ccco3)[C@@H]2c2cccc([N+](=O)[O-])c2)cc1. The predicted molar refractivity (Wildman–Crippen MR) is 111 cm³/mol. The second kappa shape index (κ2) is 7.91. The molecule has 8 nitrogen and oxygen atoms in total.